The van der Waals surface area contributed by atoms with Gasteiger partial charge in [0.05, 0.1) is 0 Å². The molecule has 0 radical (unpaired) electrons. The molecule has 0 spiro atoms. The number of hydrogen-bond donors (Lipinski definition) is 1. The summed E-state index contributed by atoms with van der Waals surface area (Å²) in [5.74, 6) is 1.75. The van der Waals surface area contributed by atoms with E-state index in [1.165, 1.54) is 25.7 Å². The Hall–Kier alpha value is -0.570. The highest BCUT2D eigenvalue weighted by molar-refractivity contribution is 5.79. The van der Waals surface area contributed by atoms with Crippen LogP contribution in [0.25, 0.3) is 0 Å². The third-order valence-corrected chi connectivity index (χ3v) is 4.49. The molecule has 2 N–H and O–H groups in total. The summed E-state index contributed by atoms with van der Waals surface area (Å²) in [6.45, 7) is 2.81. The van der Waals surface area contributed by atoms with E-state index in [9.17, 15) is 4.79 Å². The van der Waals surface area contributed by atoms with E-state index in [4.69, 9.17) is 5.73 Å². The van der Waals surface area contributed by atoms with Crippen LogP contribution < -0.4 is 5.73 Å². The van der Waals surface area contributed by atoms with Crippen molar-refractivity contribution in [1.82, 2.24) is 4.90 Å². The highest BCUT2D eigenvalue weighted by Crippen LogP contribution is 2.38. The SMILES string of the molecule is CC(C(=O)N(C)C1CCCC1CN)C1CC1. The molecule has 16 heavy (non-hydrogen) atoms. The Balaban J connectivity index is 1.94. The first kappa shape index (κ1) is 11.9. The maximum atomic E-state index is 12.3. The van der Waals surface area contributed by atoms with Crippen molar-refractivity contribution in [3.8, 4) is 0 Å². The van der Waals surface area contributed by atoms with Crippen LogP contribution in [0.2, 0.25) is 0 Å². The fourth-order valence-corrected chi connectivity index (χ4v) is 3.08. The van der Waals surface area contributed by atoms with Crippen molar-refractivity contribution >= 4 is 5.91 Å². The van der Waals surface area contributed by atoms with Gasteiger partial charge < -0.3 is 10.6 Å². The molecule has 3 atom stereocenters. The van der Waals surface area contributed by atoms with Crippen LogP contribution in [0.15, 0.2) is 0 Å². The second kappa shape index (κ2) is 4.74. The molecule has 2 rings (SSSR count). The molecule has 0 aromatic carbocycles. The van der Waals surface area contributed by atoms with Crippen molar-refractivity contribution in [2.45, 2.75) is 45.1 Å². The fraction of sp³-hybridized carbons (Fsp3) is 0.923. The molecular weight excluding hydrogens is 200 g/mol. The zero-order chi connectivity index (χ0) is 11.7. The summed E-state index contributed by atoms with van der Waals surface area (Å²) < 4.78 is 0. The van der Waals surface area contributed by atoms with Crippen LogP contribution in [0.1, 0.15) is 39.0 Å². The molecule has 2 aliphatic rings. The maximum absolute atomic E-state index is 12.3. The van der Waals surface area contributed by atoms with Gasteiger partial charge in [-0.2, -0.15) is 0 Å². The predicted octanol–water partition coefficient (Wildman–Crippen LogP) is 1.62. The van der Waals surface area contributed by atoms with Crippen molar-refractivity contribution in [1.29, 1.82) is 0 Å². The molecule has 2 aliphatic carbocycles. The van der Waals surface area contributed by atoms with Gasteiger partial charge in [0, 0.05) is 19.0 Å². The van der Waals surface area contributed by atoms with Crippen LogP contribution in [-0.4, -0.2) is 30.4 Å². The van der Waals surface area contributed by atoms with Crippen molar-refractivity contribution < 1.29 is 4.79 Å². The van der Waals surface area contributed by atoms with Gasteiger partial charge in [-0.05, 0) is 44.1 Å². The molecule has 3 heteroatoms. The first-order valence-electron chi connectivity index (χ1n) is 6.62. The Morgan fingerprint density at radius 2 is 2.06 bits per heavy atom. The minimum absolute atomic E-state index is 0.226. The number of rotatable bonds is 4. The molecule has 0 aromatic heterocycles. The molecule has 3 unspecified atom stereocenters. The monoisotopic (exact) mass is 224 g/mol. The quantitative estimate of drug-likeness (QED) is 0.788. The Kier molecular flexibility index (Phi) is 3.53. The Morgan fingerprint density at radius 1 is 1.38 bits per heavy atom. The normalized spacial score (nSPS) is 31.4. The third kappa shape index (κ3) is 2.24. The first-order valence-corrected chi connectivity index (χ1v) is 6.62. The second-order valence-corrected chi connectivity index (χ2v) is 5.57. The summed E-state index contributed by atoms with van der Waals surface area (Å²) in [5.41, 5.74) is 5.77. The van der Waals surface area contributed by atoms with Gasteiger partial charge in [0.1, 0.15) is 0 Å². The maximum Gasteiger partial charge on any atom is 0.225 e. The van der Waals surface area contributed by atoms with Crippen molar-refractivity contribution in [2.24, 2.45) is 23.5 Å². The summed E-state index contributed by atoms with van der Waals surface area (Å²) in [4.78, 5) is 14.3. The van der Waals surface area contributed by atoms with Gasteiger partial charge in [0.2, 0.25) is 5.91 Å². The van der Waals surface area contributed by atoms with Gasteiger partial charge in [-0.3, -0.25) is 4.79 Å². The van der Waals surface area contributed by atoms with Gasteiger partial charge in [-0.15, -0.1) is 0 Å². The average molecular weight is 224 g/mol. The first-order chi connectivity index (χ1) is 7.65. The van der Waals surface area contributed by atoms with E-state index in [2.05, 4.69) is 6.92 Å². The second-order valence-electron chi connectivity index (χ2n) is 5.57. The van der Waals surface area contributed by atoms with E-state index in [0.29, 0.717) is 23.8 Å². The summed E-state index contributed by atoms with van der Waals surface area (Å²) in [5, 5.41) is 0. The predicted molar refractivity (Wildman–Crippen MR) is 64.8 cm³/mol. The Labute approximate surface area is 98.4 Å². The molecule has 0 bridgehead atoms. The fourth-order valence-electron chi connectivity index (χ4n) is 3.08. The largest absolute Gasteiger partial charge is 0.342 e. The van der Waals surface area contributed by atoms with E-state index >= 15 is 0 Å². The summed E-state index contributed by atoms with van der Waals surface area (Å²) in [6, 6.07) is 0.402. The topological polar surface area (TPSA) is 46.3 Å². The lowest BCUT2D eigenvalue weighted by molar-refractivity contribution is -0.137. The van der Waals surface area contributed by atoms with Crippen LogP contribution in [0.4, 0.5) is 0 Å². The molecule has 2 fully saturated rings. The van der Waals surface area contributed by atoms with E-state index in [0.717, 1.165) is 13.0 Å². The lowest BCUT2D eigenvalue weighted by Gasteiger charge is -2.31. The van der Waals surface area contributed by atoms with Gasteiger partial charge in [0.15, 0.2) is 0 Å². The number of hydrogen-bond acceptors (Lipinski definition) is 2. The molecule has 0 aliphatic heterocycles. The van der Waals surface area contributed by atoms with Crippen LogP contribution >= 0.6 is 0 Å². The van der Waals surface area contributed by atoms with Crippen molar-refractivity contribution in [2.75, 3.05) is 13.6 Å². The molecule has 0 saturated heterocycles. The number of nitrogens with two attached hydrogens (primary N) is 1. The van der Waals surface area contributed by atoms with E-state index in [1.54, 1.807) is 0 Å². The smallest absolute Gasteiger partial charge is 0.225 e. The van der Waals surface area contributed by atoms with Crippen LogP contribution in [0.3, 0.4) is 0 Å². The molecular formula is C13H24N2O. The van der Waals surface area contributed by atoms with Crippen LogP contribution in [-0.2, 0) is 4.79 Å². The van der Waals surface area contributed by atoms with Crippen LogP contribution in [0.5, 0.6) is 0 Å². The van der Waals surface area contributed by atoms with E-state index in [1.807, 2.05) is 11.9 Å². The third-order valence-electron chi connectivity index (χ3n) is 4.49. The number of carbonyl (C=O) groups excluding carboxylic acids is 1. The van der Waals surface area contributed by atoms with Crippen molar-refractivity contribution in [3.63, 3.8) is 0 Å². The highest BCUT2D eigenvalue weighted by Gasteiger charge is 2.38. The van der Waals surface area contributed by atoms with E-state index < -0.39 is 0 Å². The molecule has 92 valence electrons. The lowest BCUT2D eigenvalue weighted by Crippen LogP contribution is -2.44. The number of carbonyl (C=O) groups is 1. The summed E-state index contributed by atoms with van der Waals surface area (Å²) in [6.07, 6.45) is 6.04. The molecule has 0 aromatic rings. The summed E-state index contributed by atoms with van der Waals surface area (Å²) >= 11 is 0. The molecule has 2 saturated carbocycles. The minimum Gasteiger partial charge on any atom is -0.342 e. The van der Waals surface area contributed by atoms with E-state index in [-0.39, 0.29) is 5.92 Å². The van der Waals surface area contributed by atoms with Gasteiger partial charge in [-0.1, -0.05) is 13.3 Å². The Morgan fingerprint density at radius 3 is 2.62 bits per heavy atom. The Bertz CT molecular complexity index is 263. The molecule has 1 amide bonds. The van der Waals surface area contributed by atoms with Gasteiger partial charge in [-0.25, -0.2) is 0 Å². The minimum atomic E-state index is 0.226. The van der Waals surface area contributed by atoms with Crippen LogP contribution in [0, 0.1) is 17.8 Å². The molecule has 3 nitrogen and oxygen atoms in total. The number of nitrogens with zero attached hydrogens (tertiary/aromatic N) is 1. The van der Waals surface area contributed by atoms with Crippen molar-refractivity contribution in [3.05, 3.63) is 0 Å². The zero-order valence-corrected chi connectivity index (χ0v) is 10.5. The summed E-state index contributed by atoms with van der Waals surface area (Å²) in [7, 11) is 1.97. The molecule has 0 heterocycles. The average Bonchev–Trinajstić information content (AvgIpc) is 3.04. The van der Waals surface area contributed by atoms with Gasteiger partial charge >= 0.3 is 0 Å². The number of amides is 1. The van der Waals surface area contributed by atoms with Gasteiger partial charge in [0.25, 0.3) is 0 Å². The highest BCUT2D eigenvalue weighted by atomic mass is 16.2. The zero-order valence-electron chi connectivity index (χ0n) is 10.5. The standard InChI is InChI=1S/C13H24N2O/c1-9(10-6-7-10)13(16)15(2)12-5-3-4-11(12)8-14/h9-12H,3-8,14H2,1-2H3. The lowest BCUT2D eigenvalue weighted by atomic mass is 9.99.